The molecule has 0 aliphatic carbocycles. The first-order chi connectivity index (χ1) is 14.7. The van der Waals surface area contributed by atoms with Crippen LogP contribution in [0.3, 0.4) is 0 Å². The summed E-state index contributed by atoms with van der Waals surface area (Å²) in [5, 5.41) is 2.43. The average Bonchev–Trinajstić information content (AvgIpc) is 3.01. The summed E-state index contributed by atoms with van der Waals surface area (Å²) in [4.78, 5) is 16.6. The van der Waals surface area contributed by atoms with Gasteiger partial charge in [0.2, 0.25) is 10.0 Å². The standard InChI is InChI=1S/C20H18F2N4O4S/c1-26-10-17-19(18(26)20(27)24-13-4-5-15(21)16(22)8-13)30-11-14(25-31(17,28)29)7-12-3-2-6-23-9-12/h2-6,8-10,14,25H,7,11H2,1H3,(H,24,27)/t14-/m0/s1. The van der Waals surface area contributed by atoms with Crippen LogP contribution in [-0.4, -0.2) is 36.5 Å². The topological polar surface area (TPSA) is 102 Å². The third kappa shape index (κ3) is 4.28. The van der Waals surface area contributed by atoms with Gasteiger partial charge in [0.25, 0.3) is 5.91 Å². The van der Waals surface area contributed by atoms with Crippen LogP contribution in [0.5, 0.6) is 5.75 Å². The van der Waals surface area contributed by atoms with Crippen molar-refractivity contribution >= 4 is 21.6 Å². The molecule has 3 aromatic rings. The number of aryl methyl sites for hydroxylation is 1. The lowest BCUT2D eigenvalue weighted by Gasteiger charge is -2.15. The fraction of sp³-hybridized carbons (Fsp3) is 0.200. The molecule has 1 aromatic carbocycles. The molecule has 8 nitrogen and oxygen atoms in total. The Bertz CT molecular complexity index is 1250. The molecular weight excluding hydrogens is 430 g/mol. The van der Waals surface area contributed by atoms with Crippen molar-refractivity contribution in [2.24, 2.45) is 7.05 Å². The summed E-state index contributed by atoms with van der Waals surface area (Å²) in [7, 11) is -2.49. The number of pyridine rings is 1. The minimum atomic E-state index is -3.97. The summed E-state index contributed by atoms with van der Waals surface area (Å²) in [5.41, 5.74) is 0.775. The van der Waals surface area contributed by atoms with Gasteiger partial charge in [0, 0.05) is 37.4 Å². The second kappa shape index (κ2) is 8.08. The molecule has 0 saturated heterocycles. The van der Waals surface area contributed by atoms with Crippen LogP contribution in [0.15, 0.2) is 53.8 Å². The Hall–Kier alpha value is -3.31. The minimum absolute atomic E-state index is 0.0166. The van der Waals surface area contributed by atoms with Gasteiger partial charge in [-0.1, -0.05) is 6.07 Å². The van der Waals surface area contributed by atoms with Crippen molar-refractivity contribution in [2.45, 2.75) is 17.4 Å². The van der Waals surface area contributed by atoms with E-state index in [4.69, 9.17) is 4.74 Å². The fourth-order valence-electron chi connectivity index (χ4n) is 3.34. The molecule has 1 amide bonds. The Morgan fingerprint density at radius 1 is 1.32 bits per heavy atom. The zero-order chi connectivity index (χ0) is 22.2. The zero-order valence-electron chi connectivity index (χ0n) is 16.3. The van der Waals surface area contributed by atoms with E-state index in [1.165, 1.54) is 23.9 Å². The molecular formula is C20H18F2N4O4S. The van der Waals surface area contributed by atoms with Gasteiger partial charge in [0.15, 0.2) is 23.1 Å². The number of anilines is 1. The number of nitrogens with one attached hydrogen (secondary N) is 2. The Morgan fingerprint density at radius 2 is 2.13 bits per heavy atom. The van der Waals surface area contributed by atoms with Gasteiger partial charge in [0.05, 0.1) is 6.04 Å². The Kier molecular flexibility index (Phi) is 5.46. The first-order valence-corrected chi connectivity index (χ1v) is 10.7. The van der Waals surface area contributed by atoms with Crippen molar-refractivity contribution < 1.29 is 26.7 Å². The predicted octanol–water partition coefficient (Wildman–Crippen LogP) is 2.23. The van der Waals surface area contributed by atoms with Gasteiger partial charge in [0.1, 0.15) is 11.5 Å². The smallest absolute Gasteiger partial charge is 0.276 e. The van der Waals surface area contributed by atoms with E-state index < -0.39 is 33.6 Å². The Balaban J connectivity index is 1.62. The number of hydrogen-bond acceptors (Lipinski definition) is 5. The number of ether oxygens (including phenoxy) is 1. The highest BCUT2D eigenvalue weighted by molar-refractivity contribution is 7.89. The molecule has 11 heteroatoms. The first kappa shape index (κ1) is 20.9. The Labute approximate surface area is 176 Å². The van der Waals surface area contributed by atoms with E-state index in [2.05, 4.69) is 15.0 Å². The summed E-state index contributed by atoms with van der Waals surface area (Å²) in [6.07, 6.45) is 4.86. The molecule has 0 saturated carbocycles. The number of fused-ring (bicyclic) bond motifs is 1. The number of aromatic nitrogens is 2. The van der Waals surface area contributed by atoms with Crippen LogP contribution >= 0.6 is 0 Å². The molecule has 4 rings (SSSR count). The number of halogens is 2. The minimum Gasteiger partial charge on any atom is -0.488 e. The molecule has 0 fully saturated rings. The van der Waals surface area contributed by atoms with Crippen LogP contribution in [0.1, 0.15) is 16.1 Å². The number of rotatable bonds is 4. The normalized spacial score (nSPS) is 17.3. The fourth-order valence-corrected chi connectivity index (χ4v) is 4.75. The maximum Gasteiger partial charge on any atom is 0.276 e. The maximum atomic E-state index is 13.5. The van der Waals surface area contributed by atoms with Crippen molar-refractivity contribution in [1.82, 2.24) is 14.3 Å². The van der Waals surface area contributed by atoms with Crippen molar-refractivity contribution in [1.29, 1.82) is 0 Å². The van der Waals surface area contributed by atoms with Crippen LogP contribution in [0.2, 0.25) is 0 Å². The summed E-state index contributed by atoms with van der Waals surface area (Å²) >= 11 is 0. The number of nitrogens with zero attached hydrogens (tertiary/aromatic N) is 2. The summed E-state index contributed by atoms with van der Waals surface area (Å²) in [6.45, 7) is -0.0173. The van der Waals surface area contributed by atoms with E-state index in [9.17, 15) is 22.0 Å². The zero-order valence-corrected chi connectivity index (χ0v) is 17.1. The lowest BCUT2D eigenvalue weighted by Crippen LogP contribution is -2.38. The molecule has 0 radical (unpaired) electrons. The molecule has 1 aliphatic rings. The molecule has 2 aromatic heterocycles. The maximum absolute atomic E-state index is 13.5. The highest BCUT2D eigenvalue weighted by Crippen LogP contribution is 2.33. The van der Waals surface area contributed by atoms with Crippen LogP contribution in [0, 0.1) is 11.6 Å². The van der Waals surface area contributed by atoms with Gasteiger partial charge >= 0.3 is 0 Å². The monoisotopic (exact) mass is 448 g/mol. The van der Waals surface area contributed by atoms with Gasteiger partial charge in [-0.25, -0.2) is 21.9 Å². The van der Waals surface area contributed by atoms with E-state index in [1.807, 2.05) is 6.07 Å². The van der Waals surface area contributed by atoms with Crippen molar-refractivity contribution in [3.8, 4) is 5.75 Å². The van der Waals surface area contributed by atoms with Crippen molar-refractivity contribution in [3.63, 3.8) is 0 Å². The number of benzene rings is 1. The van der Waals surface area contributed by atoms with Crippen LogP contribution in [0.4, 0.5) is 14.5 Å². The van der Waals surface area contributed by atoms with Crippen LogP contribution in [0.25, 0.3) is 0 Å². The summed E-state index contributed by atoms with van der Waals surface area (Å²) in [5.74, 6) is -3.00. The highest BCUT2D eigenvalue weighted by Gasteiger charge is 2.34. The number of amides is 1. The van der Waals surface area contributed by atoms with Gasteiger partial charge in [-0.2, -0.15) is 0 Å². The third-order valence-electron chi connectivity index (χ3n) is 4.74. The predicted molar refractivity (Wildman–Crippen MR) is 107 cm³/mol. The molecule has 0 spiro atoms. The molecule has 1 aliphatic heterocycles. The van der Waals surface area contributed by atoms with Crippen LogP contribution in [-0.2, 0) is 23.5 Å². The van der Waals surface area contributed by atoms with E-state index in [0.29, 0.717) is 6.42 Å². The largest absolute Gasteiger partial charge is 0.488 e. The molecule has 3 heterocycles. The van der Waals surface area contributed by atoms with E-state index in [0.717, 1.165) is 17.7 Å². The van der Waals surface area contributed by atoms with E-state index in [-0.39, 0.29) is 28.6 Å². The van der Waals surface area contributed by atoms with Crippen molar-refractivity contribution in [2.75, 3.05) is 11.9 Å². The average molecular weight is 448 g/mol. The van der Waals surface area contributed by atoms with Gasteiger partial charge < -0.3 is 14.6 Å². The van der Waals surface area contributed by atoms with Gasteiger partial charge in [-0.15, -0.1) is 0 Å². The molecule has 2 N–H and O–H groups in total. The summed E-state index contributed by atoms with van der Waals surface area (Å²) < 4.78 is 62.0. The van der Waals surface area contributed by atoms with Crippen LogP contribution < -0.4 is 14.8 Å². The molecule has 0 bridgehead atoms. The molecule has 0 unspecified atom stereocenters. The van der Waals surface area contributed by atoms with Gasteiger partial charge in [-0.3, -0.25) is 9.78 Å². The van der Waals surface area contributed by atoms with Gasteiger partial charge in [-0.05, 0) is 30.2 Å². The molecule has 1 atom stereocenters. The summed E-state index contributed by atoms with van der Waals surface area (Å²) in [6, 6.07) is 5.90. The number of carbonyl (C=O) groups excluding carboxylic acids is 1. The second-order valence-electron chi connectivity index (χ2n) is 7.06. The number of hydrogen-bond donors (Lipinski definition) is 2. The number of sulfonamides is 1. The van der Waals surface area contributed by atoms with E-state index >= 15 is 0 Å². The quantitative estimate of drug-likeness (QED) is 0.637. The highest BCUT2D eigenvalue weighted by atomic mass is 32.2. The lowest BCUT2D eigenvalue weighted by atomic mass is 10.1. The first-order valence-electron chi connectivity index (χ1n) is 9.24. The lowest BCUT2D eigenvalue weighted by molar-refractivity contribution is 0.101. The molecule has 162 valence electrons. The van der Waals surface area contributed by atoms with Crippen molar-refractivity contribution in [3.05, 3.63) is 71.8 Å². The van der Waals surface area contributed by atoms with E-state index in [1.54, 1.807) is 18.5 Å². The third-order valence-corrected chi connectivity index (χ3v) is 6.25. The SMILES string of the molecule is Cn1cc2c(c1C(=O)Nc1ccc(F)c(F)c1)OC[C@H](Cc1cccnc1)NS2(=O)=O. The second-order valence-corrected chi connectivity index (χ2v) is 8.74. The number of carbonyl (C=O) groups is 1. The Morgan fingerprint density at radius 3 is 2.84 bits per heavy atom. The molecule has 31 heavy (non-hydrogen) atoms.